The van der Waals surface area contributed by atoms with E-state index in [1.54, 1.807) is 12.0 Å². The summed E-state index contributed by atoms with van der Waals surface area (Å²) in [6.07, 6.45) is 0.193. The summed E-state index contributed by atoms with van der Waals surface area (Å²) in [5.41, 5.74) is 2.00. The minimum absolute atomic E-state index is 0.139. The molecule has 6 heteroatoms. The first kappa shape index (κ1) is 14.6. The van der Waals surface area contributed by atoms with Gasteiger partial charge in [0.1, 0.15) is 17.3 Å². The number of carbonyl (C=O) groups excluding carboxylic acids is 1. The number of hydrogen-bond donors (Lipinski definition) is 2. The van der Waals surface area contributed by atoms with E-state index in [2.05, 4.69) is 9.97 Å². The second-order valence-electron chi connectivity index (χ2n) is 5.48. The van der Waals surface area contributed by atoms with E-state index >= 15 is 0 Å². The molecule has 0 radical (unpaired) electrons. The third kappa shape index (κ3) is 2.69. The van der Waals surface area contributed by atoms with Gasteiger partial charge in [-0.15, -0.1) is 0 Å². The number of aryl methyl sites for hydroxylation is 1. The fourth-order valence-electron chi connectivity index (χ4n) is 2.65. The zero-order valence-corrected chi connectivity index (χ0v) is 12.7. The number of likely N-dealkylation sites (tertiary alicyclic amines) is 1. The van der Waals surface area contributed by atoms with Crippen LogP contribution in [0, 0.1) is 6.92 Å². The average Bonchev–Trinajstić information content (AvgIpc) is 3.13. The SMILES string of the molecule is COc1cccc(-c2nc(C(=O)N3CC[C@@H](O)C3)c(C)[nH]2)c1. The van der Waals surface area contributed by atoms with Gasteiger partial charge in [-0.1, -0.05) is 12.1 Å². The Hall–Kier alpha value is -2.34. The van der Waals surface area contributed by atoms with Gasteiger partial charge in [-0.25, -0.2) is 4.98 Å². The lowest BCUT2D eigenvalue weighted by Gasteiger charge is -2.14. The van der Waals surface area contributed by atoms with Crippen molar-refractivity contribution in [3.8, 4) is 17.1 Å². The Morgan fingerprint density at radius 2 is 2.32 bits per heavy atom. The minimum atomic E-state index is -0.430. The molecule has 0 bridgehead atoms. The number of methoxy groups -OCH3 is 1. The number of benzene rings is 1. The molecule has 1 aliphatic rings. The van der Waals surface area contributed by atoms with E-state index in [9.17, 15) is 9.90 Å². The quantitative estimate of drug-likeness (QED) is 0.902. The molecule has 2 N–H and O–H groups in total. The number of aliphatic hydroxyl groups is 1. The molecule has 1 aromatic heterocycles. The van der Waals surface area contributed by atoms with Crippen molar-refractivity contribution in [3.63, 3.8) is 0 Å². The summed E-state index contributed by atoms with van der Waals surface area (Å²) in [7, 11) is 1.61. The van der Waals surface area contributed by atoms with Crippen LogP contribution >= 0.6 is 0 Å². The van der Waals surface area contributed by atoms with Crippen LogP contribution in [0.2, 0.25) is 0 Å². The molecule has 116 valence electrons. The molecular weight excluding hydrogens is 282 g/mol. The van der Waals surface area contributed by atoms with Crippen LogP contribution in [0.15, 0.2) is 24.3 Å². The summed E-state index contributed by atoms with van der Waals surface area (Å²) in [4.78, 5) is 21.7. The van der Waals surface area contributed by atoms with E-state index in [0.29, 0.717) is 31.0 Å². The third-order valence-electron chi connectivity index (χ3n) is 3.88. The molecule has 2 aromatic rings. The molecule has 0 unspecified atom stereocenters. The highest BCUT2D eigenvalue weighted by atomic mass is 16.5. The van der Waals surface area contributed by atoms with E-state index in [1.165, 1.54) is 0 Å². The number of amides is 1. The molecule has 0 spiro atoms. The molecule has 0 saturated carbocycles. The zero-order valence-electron chi connectivity index (χ0n) is 12.7. The lowest BCUT2D eigenvalue weighted by atomic mass is 10.2. The number of aromatic amines is 1. The summed E-state index contributed by atoms with van der Waals surface area (Å²) in [5.74, 6) is 1.24. The van der Waals surface area contributed by atoms with Gasteiger partial charge < -0.3 is 19.7 Å². The second-order valence-corrected chi connectivity index (χ2v) is 5.48. The number of nitrogens with zero attached hydrogens (tertiary/aromatic N) is 2. The van der Waals surface area contributed by atoms with Crippen molar-refractivity contribution in [2.75, 3.05) is 20.2 Å². The fraction of sp³-hybridized carbons (Fsp3) is 0.375. The lowest BCUT2D eigenvalue weighted by Crippen LogP contribution is -2.30. The Morgan fingerprint density at radius 1 is 1.50 bits per heavy atom. The van der Waals surface area contributed by atoms with Crippen LogP contribution in [0.1, 0.15) is 22.6 Å². The van der Waals surface area contributed by atoms with Crippen molar-refractivity contribution in [1.82, 2.24) is 14.9 Å². The van der Waals surface area contributed by atoms with Gasteiger partial charge in [0.25, 0.3) is 5.91 Å². The van der Waals surface area contributed by atoms with Gasteiger partial charge in [-0.05, 0) is 25.5 Å². The average molecular weight is 301 g/mol. The molecule has 0 aliphatic carbocycles. The highest BCUT2D eigenvalue weighted by Gasteiger charge is 2.28. The van der Waals surface area contributed by atoms with E-state index in [0.717, 1.165) is 17.0 Å². The molecule has 1 atom stereocenters. The summed E-state index contributed by atoms with van der Waals surface area (Å²) < 4.78 is 5.21. The number of β-amino-alcohol motifs (C(OH)–C–C–N with tert-alkyl or cyclic N) is 1. The molecule has 1 fully saturated rings. The van der Waals surface area contributed by atoms with Gasteiger partial charge >= 0.3 is 0 Å². The monoisotopic (exact) mass is 301 g/mol. The molecule has 1 aliphatic heterocycles. The van der Waals surface area contributed by atoms with Crippen molar-refractivity contribution < 1.29 is 14.6 Å². The first-order chi connectivity index (χ1) is 10.6. The number of carbonyl (C=O) groups is 1. The Morgan fingerprint density at radius 3 is 3.00 bits per heavy atom. The first-order valence-corrected chi connectivity index (χ1v) is 7.27. The summed E-state index contributed by atoms with van der Waals surface area (Å²) >= 11 is 0. The van der Waals surface area contributed by atoms with Crippen molar-refractivity contribution in [3.05, 3.63) is 35.7 Å². The number of ether oxygens (including phenoxy) is 1. The predicted molar refractivity (Wildman–Crippen MR) is 81.8 cm³/mol. The molecule has 1 saturated heterocycles. The molecule has 3 rings (SSSR count). The third-order valence-corrected chi connectivity index (χ3v) is 3.88. The first-order valence-electron chi connectivity index (χ1n) is 7.27. The number of rotatable bonds is 3. The number of aliphatic hydroxyl groups excluding tert-OH is 1. The summed E-state index contributed by atoms with van der Waals surface area (Å²) in [5, 5.41) is 9.57. The number of nitrogens with one attached hydrogen (secondary N) is 1. The molecule has 1 amide bonds. The van der Waals surface area contributed by atoms with Gasteiger partial charge in [-0.3, -0.25) is 4.79 Å². The van der Waals surface area contributed by atoms with Crippen LogP contribution in [-0.4, -0.2) is 52.2 Å². The van der Waals surface area contributed by atoms with Crippen molar-refractivity contribution in [2.24, 2.45) is 0 Å². The highest BCUT2D eigenvalue weighted by molar-refractivity contribution is 5.94. The Kier molecular flexibility index (Phi) is 3.85. The number of aromatic nitrogens is 2. The number of H-pyrrole nitrogens is 1. The van der Waals surface area contributed by atoms with Crippen molar-refractivity contribution in [1.29, 1.82) is 0 Å². The van der Waals surface area contributed by atoms with Gasteiger partial charge in [0.15, 0.2) is 0 Å². The van der Waals surface area contributed by atoms with Crippen LogP contribution < -0.4 is 4.74 Å². The molecule has 1 aromatic carbocycles. The zero-order chi connectivity index (χ0) is 15.7. The Labute approximate surface area is 128 Å². The van der Waals surface area contributed by atoms with Gasteiger partial charge in [0, 0.05) is 24.3 Å². The standard InChI is InChI=1S/C16H19N3O3/c1-10-14(16(21)19-7-6-12(20)9-19)18-15(17-10)11-4-3-5-13(8-11)22-2/h3-5,8,12,20H,6-7,9H2,1-2H3,(H,17,18)/t12-/m1/s1. The normalized spacial score (nSPS) is 17.8. The van der Waals surface area contributed by atoms with Crippen molar-refractivity contribution >= 4 is 5.91 Å². The van der Waals surface area contributed by atoms with Crippen LogP contribution in [0.4, 0.5) is 0 Å². The Balaban J connectivity index is 1.88. The van der Waals surface area contributed by atoms with Crippen LogP contribution in [0.25, 0.3) is 11.4 Å². The van der Waals surface area contributed by atoms with E-state index in [4.69, 9.17) is 4.74 Å². The predicted octanol–water partition coefficient (Wildman–Crippen LogP) is 1.60. The van der Waals surface area contributed by atoms with Crippen LogP contribution in [0.3, 0.4) is 0 Å². The van der Waals surface area contributed by atoms with E-state index in [1.807, 2.05) is 31.2 Å². The number of imidazole rings is 1. The second kappa shape index (κ2) is 5.81. The maximum atomic E-state index is 12.5. The van der Waals surface area contributed by atoms with E-state index in [-0.39, 0.29) is 5.91 Å². The number of hydrogen-bond acceptors (Lipinski definition) is 4. The van der Waals surface area contributed by atoms with E-state index < -0.39 is 6.10 Å². The van der Waals surface area contributed by atoms with Gasteiger partial charge in [0.05, 0.1) is 13.2 Å². The molecule has 6 nitrogen and oxygen atoms in total. The molecular formula is C16H19N3O3. The highest BCUT2D eigenvalue weighted by Crippen LogP contribution is 2.23. The topological polar surface area (TPSA) is 78.4 Å². The Bertz CT molecular complexity index is 696. The fourth-order valence-corrected chi connectivity index (χ4v) is 2.65. The minimum Gasteiger partial charge on any atom is -0.497 e. The van der Waals surface area contributed by atoms with Crippen LogP contribution in [0.5, 0.6) is 5.75 Å². The largest absolute Gasteiger partial charge is 0.497 e. The van der Waals surface area contributed by atoms with Gasteiger partial charge in [0.2, 0.25) is 0 Å². The van der Waals surface area contributed by atoms with Gasteiger partial charge in [-0.2, -0.15) is 0 Å². The lowest BCUT2D eigenvalue weighted by molar-refractivity contribution is 0.0759. The summed E-state index contributed by atoms with van der Waals surface area (Å²) in [6.45, 7) is 2.77. The van der Waals surface area contributed by atoms with Crippen LogP contribution in [-0.2, 0) is 0 Å². The molecule has 22 heavy (non-hydrogen) atoms. The van der Waals surface area contributed by atoms with Crippen molar-refractivity contribution in [2.45, 2.75) is 19.4 Å². The summed E-state index contributed by atoms with van der Waals surface area (Å²) in [6, 6.07) is 7.52. The smallest absolute Gasteiger partial charge is 0.274 e. The molecule has 2 heterocycles. The maximum absolute atomic E-state index is 12.5. The maximum Gasteiger partial charge on any atom is 0.274 e.